The van der Waals surface area contributed by atoms with E-state index in [9.17, 15) is 4.79 Å². The van der Waals surface area contributed by atoms with Crippen molar-refractivity contribution in [1.82, 2.24) is 4.57 Å². The molecular formula is C22H23BrN2OS. The molecule has 3 nitrogen and oxygen atoms in total. The van der Waals surface area contributed by atoms with Crippen LogP contribution in [0.3, 0.4) is 0 Å². The number of carbonyl (C=O) groups is 1. The van der Waals surface area contributed by atoms with Gasteiger partial charge in [0, 0.05) is 21.5 Å². The molecular weight excluding hydrogens is 420 g/mol. The smallest absolute Gasteiger partial charge is 0.279 e. The van der Waals surface area contributed by atoms with Gasteiger partial charge in [-0.3, -0.25) is 4.79 Å². The van der Waals surface area contributed by atoms with Crippen LogP contribution in [0, 0.1) is 6.92 Å². The molecule has 1 aromatic heterocycles. The quantitative estimate of drug-likeness (QED) is 0.476. The molecule has 5 heteroatoms. The van der Waals surface area contributed by atoms with Crippen LogP contribution in [0.1, 0.15) is 41.1 Å². The number of amides is 1. The Morgan fingerprint density at radius 1 is 1.07 bits per heavy atom. The maximum Gasteiger partial charge on any atom is 0.279 e. The minimum Gasteiger partial charge on any atom is -0.316 e. The van der Waals surface area contributed by atoms with E-state index in [4.69, 9.17) is 0 Å². The summed E-state index contributed by atoms with van der Waals surface area (Å²) in [6, 6.07) is 15.9. The average Bonchev–Trinajstić information content (AvgIpc) is 3.00. The first-order valence-corrected chi connectivity index (χ1v) is 10.8. The van der Waals surface area contributed by atoms with Gasteiger partial charge in [0.15, 0.2) is 4.80 Å². The minimum atomic E-state index is -0.191. The number of carbonyl (C=O) groups excluding carboxylic acids is 1. The Hall–Kier alpha value is -1.98. The molecule has 140 valence electrons. The molecule has 0 saturated carbocycles. The van der Waals surface area contributed by atoms with Crippen LogP contribution in [0.2, 0.25) is 0 Å². The fraction of sp³-hybridized carbons (Fsp3) is 0.273. The fourth-order valence-corrected chi connectivity index (χ4v) is 4.58. The standard InChI is InChI=1S/C22H23BrN2OS/c1-4-6-19-20(16-11-13-18(23)14-12-16)25(5-2)22(27-19)24-21(26)17-9-7-15(3)8-10-17/h7-14H,4-6H2,1-3H3. The van der Waals surface area contributed by atoms with Crippen molar-refractivity contribution in [3.63, 3.8) is 0 Å². The number of benzene rings is 2. The van der Waals surface area contributed by atoms with Crippen molar-refractivity contribution >= 4 is 33.2 Å². The number of nitrogens with zero attached hydrogens (tertiary/aromatic N) is 2. The molecule has 2 aromatic carbocycles. The first-order chi connectivity index (χ1) is 13.0. The third-order valence-corrected chi connectivity index (χ3v) is 6.05. The summed E-state index contributed by atoms with van der Waals surface area (Å²) in [6.07, 6.45) is 2.03. The summed E-state index contributed by atoms with van der Waals surface area (Å²) in [7, 11) is 0. The van der Waals surface area contributed by atoms with Crippen molar-refractivity contribution in [2.75, 3.05) is 0 Å². The molecule has 0 aliphatic heterocycles. The van der Waals surface area contributed by atoms with E-state index in [2.05, 4.69) is 63.6 Å². The summed E-state index contributed by atoms with van der Waals surface area (Å²) in [5, 5.41) is 0. The molecule has 0 fully saturated rings. The van der Waals surface area contributed by atoms with E-state index in [0.717, 1.165) is 39.8 Å². The van der Waals surface area contributed by atoms with Gasteiger partial charge in [-0.25, -0.2) is 0 Å². The summed E-state index contributed by atoms with van der Waals surface area (Å²) in [5.74, 6) is -0.191. The molecule has 0 saturated heterocycles. The molecule has 0 aliphatic carbocycles. The molecule has 3 rings (SSSR count). The van der Waals surface area contributed by atoms with E-state index in [0.29, 0.717) is 5.56 Å². The summed E-state index contributed by atoms with van der Waals surface area (Å²) >= 11 is 5.13. The lowest BCUT2D eigenvalue weighted by atomic mass is 10.1. The van der Waals surface area contributed by atoms with E-state index in [1.165, 1.54) is 10.6 Å². The second-order valence-electron chi connectivity index (χ2n) is 6.44. The zero-order valence-corrected chi connectivity index (χ0v) is 18.2. The molecule has 0 spiro atoms. The maximum atomic E-state index is 12.7. The Morgan fingerprint density at radius 2 is 1.74 bits per heavy atom. The largest absolute Gasteiger partial charge is 0.316 e. The Balaban J connectivity index is 2.13. The van der Waals surface area contributed by atoms with Crippen molar-refractivity contribution < 1.29 is 4.79 Å². The molecule has 0 radical (unpaired) electrons. The second-order valence-corrected chi connectivity index (χ2v) is 8.42. The normalized spacial score (nSPS) is 11.8. The van der Waals surface area contributed by atoms with Crippen molar-refractivity contribution in [2.45, 2.75) is 40.2 Å². The van der Waals surface area contributed by atoms with Crippen LogP contribution in [0.4, 0.5) is 0 Å². The first kappa shape index (κ1) is 19.8. The molecule has 3 aromatic rings. The lowest BCUT2D eigenvalue weighted by Gasteiger charge is -2.09. The molecule has 1 amide bonds. The van der Waals surface area contributed by atoms with Gasteiger partial charge in [0.05, 0.1) is 5.69 Å². The van der Waals surface area contributed by atoms with Crippen LogP contribution in [0.15, 0.2) is 58.0 Å². The van der Waals surface area contributed by atoms with Gasteiger partial charge in [-0.1, -0.05) is 59.1 Å². The van der Waals surface area contributed by atoms with Gasteiger partial charge in [0.2, 0.25) is 0 Å². The number of aromatic nitrogens is 1. The van der Waals surface area contributed by atoms with Gasteiger partial charge >= 0.3 is 0 Å². The summed E-state index contributed by atoms with van der Waals surface area (Å²) in [5.41, 5.74) is 4.09. The third kappa shape index (κ3) is 4.47. The van der Waals surface area contributed by atoms with E-state index in [-0.39, 0.29) is 5.91 Å². The van der Waals surface area contributed by atoms with Crippen LogP contribution in [0.25, 0.3) is 11.3 Å². The lowest BCUT2D eigenvalue weighted by Crippen LogP contribution is -2.17. The molecule has 0 atom stereocenters. The van der Waals surface area contributed by atoms with Gasteiger partial charge < -0.3 is 4.57 Å². The van der Waals surface area contributed by atoms with Gasteiger partial charge in [0.25, 0.3) is 5.91 Å². The van der Waals surface area contributed by atoms with E-state index < -0.39 is 0 Å². The highest BCUT2D eigenvalue weighted by molar-refractivity contribution is 9.10. The van der Waals surface area contributed by atoms with E-state index in [1.807, 2.05) is 31.2 Å². The highest BCUT2D eigenvalue weighted by Crippen LogP contribution is 2.28. The average molecular weight is 443 g/mol. The monoisotopic (exact) mass is 442 g/mol. The van der Waals surface area contributed by atoms with Crippen molar-refractivity contribution in [3.05, 3.63) is 73.8 Å². The van der Waals surface area contributed by atoms with E-state index >= 15 is 0 Å². The maximum absolute atomic E-state index is 12.7. The fourth-order valence-electron chi connectivity index (χ4n) is 3.00. The number of aryl methyl sites for hydroxylation is 2. The van der Waals surface area contributed by atoms with Gasteiger partial charge in [-0.15, -0.1) is 11.3 Å². The van der Waals surface area contributed by atoms with E-state index in [1.54, 1.807) is 11.3 Å². The summed E-state index contributed by atoms with van der Waals surface area (Å²) < 4.78 is 3.21. The minimum absolute atomic E-state index is 0.191. The molecule has 1 heterocycles. The molecule has 0 N–H and O–H groups in total. The van der Waals surface area contributed by atoms with Gasteiger partial charge in [-0.05, 0) is 50.1 Å². The lowest BCUT2D eigenvalue weighted by molar-refractivity contribution is 0.0998. The number of rotatable bonds is 5. The zero-order chi connectivity index (χ0) is 19.4. The predicted molar refractivity (Wildman–Crippen MR) is 116 cm³/mol. The Bertz CT molecular complexity index is 998. The van der Waals surface area contributed by atoms with Crippen LogP contribution in [-0.2, 0) is 13.0 Å². The molecule has 0 bridgehead atoms. The Labute approximate surface area is 172 Å². The van der Waals surface area contributed by atoms with Crippen molar-refractivity contribution in [2.24, 2.45) is 4.99 Å². The number of hydrogen-bond donors (Lipinski definition) is 0. The predicted octanol–water partition coefficient (Wildman–Crippen LogP) is 6.00. The summed E-state index contributed by atoms with van der Waals surface area (Å²) in [4.78, 5) is 19.2. The third-order valence-electron chi connectivity index (χ3n) is 4.39. The number of hydrogen-bond acceptors (Lipinski definition) is 2. The molecule has 0 aliphatic rings. The topological polar surface area (TPSA) is 34.4 Å². The van der Waals surface area contributed by atoms with Crippen LogP contribution in [0.5, 0.6) is 0 Å². The van der Waals surface area contributed by atoms with Crippen LogP contribution >= 0.6 is 27.3 Å². The van der Waals surface area contributed by atoms with Crippen molar-refractivity contribution in [1.29, 1.82) is 0 Å². The van der Waals surface area contributed by atoms with Gasteiger partial charge in [-0.2, -0.15) is 4.99 Å². The summed E-state index contributed by atoms with van der Waals surface area (Å²) in [6.45, 7) is 7.05. The molecule has 27 heavy (non-hydrogen) atoms. The first-order valence-electron chi connectivity index (χ1n) is 9.17. The number of halogens is 1. The van der Waals surface area contributed by atoms with Crippen LogP contribution in [-0.4, -0.2) is 10.5 Å². The highest BCUT2D eigenvalue weighted by Gasteiger charge is 2.15. The number of thiazole rings is 1. The van der Waals surface area contributed by atoms with Crippen molar-refractivity contribution in [3.8, 4) is 11.3 Å². The zero-order valence-electron chi connectivity index (χ0n) is 15.8. The SMILES string of the molecule is CCCc1sc(=NC(=O)c2ccc(C)cc2)n(CC)c1-c1ccc(Br)cc1. The van der Waals surface area contributed by atoms with Gasteiger partial charge in [0.1, 0.15) is 0 Å². The Morgan fingerprint density at radius 3 is 2.33 bits per heavy atom. The highest BCUT2D eigenvalue weighted by atomic mass is 79.9. The molecule has 0 unspecified atom stereocenters. The van der Waals surface area contributed by atoms with Crippen LogP contribution < -0.4 is 4.80 Å². The second kappa shape index (κ2) is 8.81. The Kier molecular flexibility index (Phi) is 6.45.